The van der Waals surface area contributed by atoms with Crippen LogP contribution in [0.2, 0.25) is 0 Å². The number of aliphatic imine (C=N–C) groups is 1. The molecule has 1 unspecified atom stereocenters. The molecule has 0 radical (unpaired) electrons. The summed E-state index contributed by atoms with van der Waals surface area (Å²) in [4.78, 5) is 29.0. The Morgan fingerprint density at radius 1 is 1.08 bits per heavy atom. The molecule has 1 atom stereocenters. The number of methoxy groups -OCH3 is 2. The van der Waals surface area contributed by atoms with Crippen LogP contribution in [-0.2, 0) is 19.1 Å². The molecule has 0 spiro atoms. The van der Waals surface area contributed by atoms with Crippen LogP contribution in [0.1, 0.15) is 5.56 Å². The van der Waals surface area contributed by atoms with Crippen molar-refractivity contribution in [2.75, 3.05) is 14.2 Å². The monoisotopic (exact) mass is 325 g/mol. The van der Waals surface area contributed by atoms with Crippen molar-refractivity contribution in [3.05, 3.63) is 65.1 Å². The summed E-state index contributed by atoms with van der Waals surface area (Å²) in [6.45, 7) is 0. The lowest BCUT2D eigenvalue weighted by Gasteiger charge is -2.24. The molecule has 1 heterocycles. The van der Waals surface area contributed by atoms with Gasteiger partial charge in [0.05, 0.1) is 25.8 Å². The maximum atomic E-state index is 12.8. The third kappa shape index (κ3) is 2.52. The number of aliphatic hydroxyl groups excluding tert-OH is 1. The van der Waals surface area contributed by atoms with Crippen molar-refractivity contribution in [1.82, 2.24) is 0 Å². The van der Waals surface area contributed by atoms with Crippen LogP contribution in [-0.4, -0.2) is 36.7 Å². The smallest absolute Gasteiger partial charge is 0.284 e. The zero-order chi connectivity index (χ0) is 17.3. The normalized spacial score (nSPS) is 22.1. The molecule has 0 saturated heterocycles. The molecule has 0 saturated carbocycles. The number of benzene rings is 1. The minimum Gasteiger partial charge on any atom is -0.506 e. The molecule has 0 bridgehead atoms. The Labute approximate surface area is 138 Å². The average molecular weight is 325 g/mol. The predicted molar refractivity (Wildman–Crippen MR) is 87.1 cm³/mol. The summed E-state index contributed by atoms with van der Waals surface area (Å²) in [5.74, 6) is -1.70. The molecule has 1 aromatic rings. The van der Waals surface area contributed by atoms with Crippen molar-refractivity contribution in [3.63, 3.8) is 0 Å². The van der Waals surface area contributed by atoms with Crippen molar-refractivity contribution in [1.29, 1.82) is 0 Å². The third-order valence-corrected chi connectivity index (χ3v) is 3.86. The number of allylic oxidation sites excluding steroid dienone is 2. The number of fused-ring (bicyclic) bond motifs is 1. The number of nitrogens with zero attached hydrogens (tertiary/aromatic N) is 1. The van der Waals surface area contributed by atoms with E-state index in [2.05, 4.69) is 4.99 Å². The van der Waals surface area contributed by atoms with Crippen molar-refractivity contribution >= 4 is 23.2 Å². The molecule has 24 heavy (non-hydrogen) atoms. The van der Waals surface area contributed by atoms with E-state index in [9.17, 15) is 14.7 Å². The van der Waals surface area contributed by atoms with Gasteiger partial charge in [-0.1, -0.05) is 30.3 Å². The largest absolute Gasteiger partial charge is 0.506 e. The molecule has 0 aromatic heterocycles. The number of ketones is 1. The Hall–Kier alpha value is -3.15. The van der Waals surface area contributed by atoms with E-state index >= 15 is 0 Å². The van der Waals surface area contributed by atoms with Crippen LogP contribution in [0.25, 0.3) is 5.76 Å². The Morgan fingerprint density at radius 2 is 1.75 bits per heavy atom. The lowest BCUT2D eigenvalue weighted by atomic mass is 9.84. The van der Waals surface area contributed by atoms with Gasteiger partial charge >= 0.3 is 0 Å². The molecule has 1 amide bonds. The highest BCUT2D eigenvalue weighted by Crippen LogP contribution is 2.31. The SMILES string of the molecule is COC1=CC2=NC(=O)/C(=C(/O)c3ccccc3)C(=O)C2C=C1OC. The second kappa shape index (κ2) is 6.16. The molecule has 1 aliphatic heterocycles. The number of Topliss-reactive ketones (excluding diaryl/α,β-unsaturated/α-hetero) is 1. The fraction of sp³-hybridized carbons (Fsp3) is 0.167. The Bertz CT molecular complexity index is 830. The quantitative estimate of drug-likeness (QED) is 0.523. The zero-order valence-corrected chi connectivity index (χ0v) is 13.1. The van der Waals surface area contributed by atoms with Crippen molar-refractivity contribution in [2.45, 2.75) is 0 Å². The molecule has 3 rings (SSSR count). The number of amides is 1. The van der Waals surface area contributed by atoms with Crippen LogP contribution in [0.5, 0.6) is 0 Å². The van der Waals surface area contributed by atoms with Crippen molar-refractivity contribution in [2.24, 2.45) is 10.9 Å². The molecule has 1 aromatic carbocycles. The first-order valence-electron chi connectivity index (χ1n) is 7.24. The highest BCUT2D eigenvalue weighted by Gasteiger charge is 2.39. The maximum absolute atomic E-state index is 12.8. The van der Waals surface area contributed by atoms with Crippen molar-refractivity contribution < 1.29 is 24.2 Å². The second-order valence-corrected chi connectivity index (χ2v) is 5.22. The third-order valence-electron chi connectivity index (χ3n) is 3.86. The summed E-state index contributed by atoms with van der Waals surface area (Å²) in [5.41, 5.74) is 0.330. The summed E-state index contributed by atoms with van der Waals surface area (Å²) >= 11 is 0. The van der Waals surface area contributed by atoms with E-state index in [4.69, 9.17) is 9.47 Å². The lowest BCUT2D eigenvalue weighted by molar-refractivity contribution is -0.122. The molecule has 6 nitrogen and oxygen atoms in total. The number of carbonyl (C=O) groups is 2. The number of carbonyl (C=O) groups excluding carboxylic acids is 2. The molecule has 6 heteroatoms. The first kappa shape index (κ1) is 15.7. The average Bonchev–Trinajstić information content (AvgIpc) is 2.61. The van der Waals surface area contributed by atoms with Gasteiger partial charge in [0, 0.05) is 11.6 Å². The van der Waals surface area contributed by atoms with Gasteiger partial charge in [-0.25, -0.2) is 4.99 Å². The first-order chi connectivity index (χ1) is 11.6. The number of ether oxygens (including phenoxy) is 2. The fourth-order valence-electron chi connectivity index (χ4n) is 2.65. The number of hydrogen-bond donors (Lipinski definition) is 1. The van der Waals surface area contributed by atoms with Crippen LogP contribution < -0.4 is 0 Å². The van der Waals surface area contributed by atoms with Gasteiger partial charge in [-0.15, -0.1) is 0 Å². The fourth-order valence-corrected chi connectivity index (χ4v) is 2.65. The minimum atomic E-state index is -0.794. The van der Waals surface area contributed by atoms with Crippen LogP contribution in [0.15, 0.2) is 64.6 Å². The van der Waals surface area contributed by atoms with Crippen LogP contribution in [0.4, 0.5) is 0 Å². The van der Waals surface area contributed by atoms with E-state index in [1.165, 1.54) is 26.4 Å². The summed E-state index contributed by atoms with van der Waals surface area (Å²) in [5, 5.41) is 10.4. The van der Waals surface area contributed by atoms with E-state index in [0.717, 1.165) is 0 Å². The van der Waals surface area contributed by atoms with E-state index in [1.807, 2.05) is 0 Å². The summed E-state index contributed by atoms with van der Waals surface area (Å²) in [7, 11) is 2.91. The van der Waals surface area contributed by atoms with E-state index in [1.54, 1.807) is 30.3 Å². The van der Waals surface area contributed by atoms with Crippen LogP contribution in [0.3, 0.4) is 0 Å². The van der Waals surface area contributed by atoms with Gasteiger partial charge in [-0.3, -0.25) is 9.59 Å². The van der Waals surface area contributed by atoms with Crippen LogP contribution in [0, 0.1) is 5.92 Å². The van der Waals surface area contributed by atoms with Gasteiger partial charge in [-0.05, 0) is 6.08 Å². The molecule has 1 aliphatic carbocycles. The highest BCUT2D eigenvalue weighted by molar-refractivity contribution is 6.36. The summed E-state index contributed by atoms with van der Waals surface area (Å²) in [6.07, 6.45) is 3.03. The van der Waals surface area contributed by atoms with Gasteiger partial charge in [0.25, 0.3) is 5.91 Å². The zero-order valence-electron chi connectivity index (χ0n) is 13.1. The van der Waals surface area contributed by atoms with Gasteiger partial charge in [0.15, 0.2) is 17.3 Å². The predicted octanol–water partition coefficient (Wildman–Crippen LogP) is 2.20. The summed E-state index contributed by atoms with van der Waals surface area (Å²) in [6, 6.07) is 8.41. The van der Waals surface area contributed by atoms with Crippen LogP contribution >= 0.6 is 0 Å². The number of rotatable bonds is 3. The number of aliphatic hydroxyl groups is 1. The molecular weight excluding hydrogens is 310 g/mol. The molecular formula is C18H15NO5. The molecule has 2 aliphatic rings. The lowest BCUT2D eigenvalue weighted by Crippen LogP contribution is -2.34. The molecule has 122 valence electrons. The Morgan fingerprint density at radius 3 is 2.38 bits per heavy atom. The van der Waals surface area contributed by atoms with Gasteiger partial charge in [-0.2, -0.15) is 0 Å². The topological polar surface area (TPSA) is 85.2 Å². The minimum absolute atomic E-state index is 0.271. The van der Waals surface area contributed by atoms with E-state index in [-0.39, 0.29) is 17.0 Å². The first-order valence-corrected chi connectivity index (χ1v) is 7.24. The van der Waals surface area contributed by atoms with E-state index in [0.29, 0.717) is 17.1 Å². The van der Waals surface area contributed by atoms with E-state index < -0.39 is 17.6 Å². The molecule has 0 fully saturated rings. The van der Waals surface area contributed by atoms with Gasteiger partial charge in [0.1, 0.15) is 11.3 Å². The Kier molecular flexibility index (Phi) is 4.04. The molecule has 1 N–H and O–H groups in total. The van der Waals surface area contributed by atoms with Gasteiger partial charge < -0.3 is 14.6 Å². The van der Waals surface area contributed by atoms with Gasteiger partial charge in [0.2, 0.25) is 0 Å². The standard InChI is InChI=1S/C18H15NO5/c1-23-13-8-11-12(9-14(13)24-2)19-18(22)15(17(11)21)16(20)10-6-4-3-5-7-10/h3-9,11,20H,1-2H3/b16-15+. The summed E-state index contributed by atoms with van der Waals surface area (Å²) < 4.78 is 10.4. The number of hydrogen-bond acceptors (Lipinski definition) is 5. The Balaban J connectivity index is 2.11. The maximum Gasteiger partial charge on any atom is 0.284 e. The van der Waals surface area contributed by atoms with Crippen molar-refractivity contribution in [3.8, 4) is 0 Å². The second-order valence-electron chi connectivity index (χ2n) is 5.22. The highest BCUT2D eigenvalue weighted by atomic mass is 16.5.